The van der Waals surface area contributed by atoms with Gasteiger partial charge in [-0.05, 0) is 35.9 Å². The summed E-state index contributed by atoms with van der Waals surface area (Å²) in [5, 5.41) is 8.73. The van der Waals surface area contributed by atoms with Crippen LogP contribution in [-0.4, -0.2) is 37.9 Å². The van der Waals surface area contributed by atoms with Crippen molar-refractivity contribution in [1.29, 1.82) is 0 Å². The molecule has 0 heterocycles. The summed E-state index contributed by atoms with van der Waals surface area (Å²) in [5.74, 6) is -0.384. The normalized spacial score (nSPS) is 12.6. The van der Waals surface area contributed by atoms with Crippen LogP contribution in [-0.2, 0) is 16.4 Å². The number of sulfonamides is 1. The van der Waals surface area contributed by atoms with E-state index in [4.69, 9.17) is 5.11 Å². The van der Waals surface area contributed by atoms with Gasteiger partial charge in [0.15, 0.2) is 0 Å². The number of hydrogen-bond acceptors (Lipinski definition) is 4. The molecule has 0 aliphatic heterocycles. The number of aliphatic hydroxyl groups is 1. The predicted molar refractivity (Wildman–Crippen MR) is 70.9 cm³/mol. The number of nitrogens with one attached hydrogen (secondary N) is 1. The van der Waals surface area contributed by atoms with Crippen molar-refractivity contribution >= 4 is 21.8 Å². The van der Waals surface area contributed by atoms with Gasteiger partial charge >= 0.3 is 5.51 Å². The zero-order valence-electron chi connectivity index (χ0n) is 10.4. The maximum atomic E-state index is 11.9. The SMILES string of the molecule is O=S(=O)(NCCSC(F)(F)F)c1ccc(CCO)cc1. The van der Waals surface area contributed by atoms with E-state index in [0.717, 1.165) is 5.56 Å². The molecule has 4 nitrogen and oxygen atoms in total. The summed E-state index contributed by atoms with van der Waals surface area (Å²) in [6, 6.07) is 5.80. The van der Waals surface area contributed by atoms with Crippen LogP contribution in [0.5, 0.6) is 0 Å². The van der Waals surface area contributed by atoms with Crippen molar-refractivity contribution in [2.24, 2.45) is 0 Å². The van der Waals surface area contributed by atoms with Crippen LogP contribution >= 0.6 is 11.8 Å². The lowest BCUT2D eigenvalue weighted by molar-refractivity contribution is -0.0327. The average Bonchev–Trinajstić information content (AvgIpc) is 2.35. The van der Waals surface area contributed by atoms with Crippen LogP contribution in [0.4, 0.5) is 13.2 Å². The Kier molecular flexibility index (Phi) is 6.31. The Morgan fingerprint density at radius 2 is 1.80 bits per heavy atom. The number of halogens is 3. The molecule has 0 unspecified atom stereocenters. The Morgan fingerprint density at radius 3 is 2.30 bits per heavy atom. The monoisotopic (exact) mass is 329 g/mol. The standard InChI is InChI=1S/C11H14F3NO3S2/c12-11(13,14)19-8-6-15-20(17,18)10-3-1-9(2-4-10)5-7-16/h1-4,15-16H,5-8H2. The number of rotatable bonds is 7. The lowest BCUT2D eigenvalue weighted by Crippen LogP contribution is -2.26. The Hall–Kier alpha value is -0.770. The molecule has 0 aromatic heterocycles. The van der Waals surface area contributed by atoms with E-state index in [2.05, 4.69) is 4.72 Å². The van der Waals surface area contributed by atoms with Crippen molar-refractivity contribution in [3.8, 4) is 0 Å². The third-order valence-electron chi connectivity index (χ3n) is 2.29. The van der Waals surface area contributed by atoms with Crippen LogP contribution in [0.1, 0.15) is 5.56 Å². The smallest absolute Gasteiger partial charge is 0.396 e. The Morgan fingerprint density at radius 1 is 1.20 bits per heavy atom. The first kappa shape index (κ1) is 17.3. The van der Waals surface area contributed by atoms with E-state index in [1.807, 2.05) is 0 Å². The van der Waals surface area contributed by atoms with Crippen LogP contribution in [0.3, 0.4) is 0 Å². The molecule has 0 fully saturated rings. The van der Waals surface area contributed by atoms with Gasteiger partial charge in [-0.2, -0.15) is 13.2 Å². The first-order chi connectivity index (χ1) is 9.24. The van der Waals surface area contributed by atoms with Gasteiger partial charge in [0.2, 0.25) is 10.0 Å². The van der Waals surface area contributed by atoms with Gasteiger partial charge in [-0.15, -0.1) is 0 Å². The van der Waals surface area contributed by atoms with Crippen molar-refractivity contribution in [2.45, 2.75) is 16.8 Å². The maximum absolute atomic E-state index is 11.9. The van der Waals surface area contributed by atoms with Crippen molar-refractivity contribution in [1.82, 2.24) is 4.72 Å². The van der Waals surface area contributed by atoms with Gasteiger partial charge in [0.1, 0.15) is 0 Å². The van der Waals surface area contributed by atoms with E-state index in [0.29, 0.717) is 6.42 Å². The molecule has 0 radical (unpaired) electrons. The molecule has 1 rings (SSSR count). The summed E-state index contributed by atoms with van der Waals surface area (Å²) in [4.78, 5) is -0.0174. The molecule has 0 aliphatic rings. The molecule has 0 saturated heterocycles. The zero-order chi connectivity index (χ0) is 15.2. The Balaban J connectivity index is 2.56. The minimum Gasteiger partial charge on any atom is -0.396 e. The first-order valence-electron chi connectivity index (χ1n) is 5.65. The molecule has 0 amide bonds. The molecule has 9 heteroatoms. The van der Waals surface area contributed by atoms with E-state index < -0.39 is 15.5 Å². The largest absolute Gasteiger partial charge is 0.441 e. The quantitative estimate of drug-likeness (QED) is 0.748. The summed E-state index contributed by atoms with van der Waals surface area (Å²) in [6.45, 7) is -0.343. The second-order valence-corrected chi connectivity index (χ2v) is 6.74. The fourth-order valence-electron chi connectivity index (χ4n) is 1.39. The second-order valence-electron chi connectivity index (χ2n) is 3.81. The van der Waals surface area contributed by atoms with Crippen LogP contribution in [0, 0.1) is 0 Å². The predicted octanol–water partition coefficient (Wildman–Crippen LogP) is 1.75. The van der Waals surface area contributed by atoms with Gasteiger partial charge in [0.05, 0.1) is 4.90 Å². The lowest BCUT2D eigenvalue weighted by Gasteiger charge is -2.08. The molecular weight excluding hydrogens is 315 g/mol. The number of aliphatic hydroxyl groups excluding tert-OH is 1. The number of benzene rings is 1. The van der Waals surface area contributed by atoms with E-state index in [1.54, 1.807) is 12.1 Å². The molecule has 0 atom stereocenters. The lowest BCUT2D eigenvalue weighted by atomic mass is 10.2. The molecule has 0 spiro atoms. The van der Waals surface area contributed by atoms with E-state index in [-0.39, 0.29) is 35.6 Å². The van der Waals surface area contributed by atoms with Crippen molar-refractivity contribution in [2.75, 3.05) is 18.9 Å². The van der Waals surface area contributed by atoms with E-state index in [1.165, 1.54) is 12.1 Å². The molecule has 1 aromatic carbocycles. The minimum atomic E-state index is -4.36. The van der Waals surface area contributed by atoms with E-state index >= 15 is 0 Å². The van der Waals surface area contributed by atoms with Gasteiger partial charge in [-0.3, -0.25) is 0 Å². The van der Waals surface area contributed by atoms with Gasteiger partial charge in [-0.25, -0.2) is 13.1 Å². The minimum absolute atomic E-state index is 0.0174. The highest BCUT2D eigenvalue weighted by molar-refractivity contribution is 8.00. The fraction of sp³-hybridized carbons (Fsp3) is 0.455. The Bertz CT molecular complexity index is 515. The van der Waals surface area contributed by atoms with Gasteiger partial charge in [0.25, 0.3) is 0 Å². The zero-order valence-corrected chi connectivity index (χ0v) is 12.0. The van der Waals surface area contributed by atoms with E-state index in [9.17, 15) is 21.6 Å². The third-order valence-corrected chi connectivity index (χ3v) is 4.51. The van der Waals surface area contributed by atoms with Crippen LogP contribution in [0.25, 0.3) is 0 Å². The van der Waals surface area contributed by atoms with Crippen molar-refractivity contribution < 1.29 is 26.7 Å². The van der Waals surface area contributed by atoms with Gasteiger partial charge < -0.3 is 5.11 Å². The molecule has 1 aromatic rings. The summed E-state index contributed by atoms with van der Waals surface area (Å²) in [6.07, 6.45) is 0.413. The third kappa shape index (κ3) is 6.12. The number of thioether (sulfide) groups is 1. The summed E-state index contributed by atoms with van der Waals surface area (Å²) in [7, 11) is -3.80. The molecular formula is C11H14F3NO3S2. The molecule has 2 N–H and O–H groups in total. The van der Waals surface area contributed by atoms with Crippen molar-refractivity contribution in [3.05, 3.63) is 29.8 Å². The van der Waals surface area contributed by atoms with Gasteiger partial charge in [0, 0.05) is 18.9 Å². The molecule has 0 bridgehead atoms. The molecule has 114 valence electrons. The second kappa shape index (κ2) is 7.30. The van der Waals surface area contributed by atoms with Crippen LogP contribution < -0.4 is 4.72 Å². The average molecular weight is 329 g/mol. The highest BCUT2D eigenvalue weighted by Gasteiger charge is 2.27. The first-order valence-corrected chi connectivity index (χ1v) is 8.11. The van der Waals surface area contributed by atoms with Gasteiger partial charge in [-0.1, -0.05) is 12.1 Å². The summed E-state index contributed by atoms with van der Waals surface area (Å²) in [5.41, 5.74) is -3.59. The number of hydrogen-bond donors (Lipinski definition) is 2. The summed E-state index contributed by atoms with van der Waals surface area (Å²) < 4.78 is 61.3. The number of alkyl halides is 3. The molecule has 20 heavy (non-hydrogen) atoms. The fourth-order valence-corrected chi connectivity index (χ4v) is 2.99. The summed E-state index contributed by atoms with van der Waals surface area (Å²) >= 11 is -0.276. The molecule has 0 saturated carbocycles. The van der Waals surface area contributed by atoms with Crippen molar-refractivity contribution in [3.63, 3.8) is 0 Å². The van der Waals surface area contributed by atoms with Crippen LogP contribution in [0.2, 0.25) is 0 Å². The highest BCUT2D eigenvalue weighted by Crippen LogP contribution is 2.29. The highest BCUT2D eigenvalue weighted by atomic mass is 32.2. The molecule has 0 aliphatic carbocycles. The maximum Gasteiger partial charge on any atom is 0.441 e. The van der Waals surface area contributed by atoms with Crippen LogP contribution in [0.15, 0.2) is 29.2 Å². The Labute approximate surface area is 119 Å². The topological polar surface area (TPSA) is 66.4 Å².